The van der Waals surface area contributed by atoms with Gasteiger partial charge in [0.1, 0.15) is 24.4 Å². The van der Waals surface area contributed by atoms with Crippen LogP contribution in [0.3, 0.4) is 0 Å². The lowest BCUT2D eigenvalue weighted by atomic mass is 10.0. The van der Waals surface area contributed by atoms with Gasteiger partial charge in [0, 0.05) is 30.9 Å². The highest BCUT2D eigenvalue weighted by Gasteiger charge is 2.33. The average molecular weight is 402 g/mol. The van der Waals surface area contributed by atoms with Gasteiger partial charge < -0.3 is 15.4 Å². The fourth-order valence-electron chi connectivity index (χ4n) is 3.28. The molecule has 3 heterocycles. The molecule has 152 valence electrons. The number of carbonyl (C=O) groups excluding carboxylic acids is 2. The quantitative estimate of drug-likeness (QED) is 0.629. The van der Waals surface area contributed by atoms with Crippen LogP contribution in [0.25, 0.3) is 0 Å². The molecule has 2 amide bonds. The van der Waals surface area contributed by atoms with Crippen molar-refractivity contribution in [3.05, 3.63) is 90.0 Å². The first-order valence-electron chi connectivity index (χ1n) is 9.79. The van der Waals surface area contributed by atoms with Gasteiger partial charge in [-0.25, -0.2) is 0 Å². The van der Waals surface area contributed by atoms with E-state index >= 15 is 0 Å². The Labute approximate surface area is 174 Å². The molecule has 1 aliphatic heterocycles. The second-order valence-corrected chi connectivity index (χ2v) is 7.15. The first kappa shape index (κ1) is 19.6. The highest BCUT2D eigenvalue weighted by molar-refractivity contribution is 5.97. The molecule has 30 heavy (non-hydrogen) atoms. The number of piperazine rings is 1. The fraction of sp³-hybridized carbons (Fsp3) is 0.217. The maximum absolute atomic E-state index is 12.5. The summed E-state index contributed by atoms with van der Waals surface area (Å²) in [4.78, 5) is 33.3. The third kappa shape index (κ3) is 5.00. The minimum Gasteiger partial charge on any atom is -0.487 e. The molecule has 7 heteroatoms. The van der Waals surface area contributed by atoms with Crippen LogP contribution in [0, 0.1) is 0 Å². The molecule has 1 fully saturated rings. The van der Waals surface area contributed by atoms with Crippen LogP contribution in [-0.4, -0.2) is 33.9 Å². The van der Waals surface area contributed by atoms with Gasteiger partial charge >= 0.3 is 0 Å². The fourth-order valence-corrected chi connectivity index (χ4v) is 3.28. The second kappa shape index (κ2) is 9.17. The zero-order valence-electron chi connectivity index (χ0n) is 16.3. The van der Waals surface area contributed by atoms with E-state index in [1.807, 2.05) is 48.5 Å². The third-order valence-corrected chi connectivity index (χ3v) is 4.89. The molecule has 2 aromatic heterocycles. The standard InChI is InChI=1S/C23H22N4O3/c28-22-20(11-17-7-4-10-24-13-17)26-23(29)21(27-22)12-18-8-9-19(14-25-18)30-15-16-5-2-1-3-6-16/h1-10,13-14,20-21H,11-12,15H2,(H,26,29)(H,27,28). The Hall–Kier alpha value is -3.74. The number of pyridine rings is 2. The van der Waals surface area contributed by atoms with Crippen molar-refractivity contribution in [3.63, 3.8) is 0 Å². The SMILES string of the molecule is O=C1NC(Cc2ccc(OCc3ccccc3)cn2)C(=O)NC1Cc1cccnc1. The van der Waals surface area contributed by atoms with Crippen LogP contribution in [0.15, 0.2) is 73.2 Å². The number of carbonyl (C=O) groups is 2. The number of aromatic nitrogens is 2. The average Bonchev–Trinajstić information content (AvgIpc) is 2.78. The Morgan fingerprint density at radius 1 is 0.800 bits per heavy atom. The third-order valence-electron chi connectivity index (χ3n) is 4.89. The van der Waals surface area contributed by atoms with Gasteiger partial charge in [-0.1, -0.05) is 36.4 Å². The molecular weight excluding hydrogens is 380 g/mol. The van der Waals surface area contributed by atoms with Crippen molar-refractivity contribution in [2.24, 2.45) is 0 Å². The van der Waals surface area contributed by atoms with E-state index in [0.29, 0.717) is 30.9 Å². The molecule has 0 radical (unpaired) electrons. The molecular formula is C23H22N4O3. The molecule has 1 aromatic carbocycles. The summed E-state index contributed by atoms with van der Waals surface area (Å²) in [6.45, 7) is 0.460. The number of hydrogen-bond donors (Lipinski definition) is 2. The Morgan fingerprint density at radius 2 is 1.53 bits per heavy atom. The summed E-state index contributed by atoms with van der Waals surface area (Å²) in [6, 6.07) is 15.9. The minimum absolute atomic E-state index is 0.203. The first-order valence-corrected chi connectivity index (χ1v) is 9.79. The zero-order valence-corrected chi connectivity index (χ0v) is 16.3. The van der Waals surface area contributed by atoms with Crippen molar-refractivity contribution < 1.29 is 14.3 Å². The summed E-state index contributed by atoms with van der Waals surface area (Å²) < 4.78 is 5.73. The molecule has 2 atom stereocenters. The molecule has 1 aliphatic rings. The molecule has 1 saturated heterocycles. The Balaban J connectivity index is 1.31. The van der Waals surface area contributed by atoms with Gasteiger partial charge in [-0.05, 0) is 29.3 Å². The number of benzene rings is 1. The van der Waals surface area contributed by atoms with Gasteiger partial charge in [-0.3, -0.25) is 19.6 Å². The van der Waals surface area contributed by atoms with Crippen molar-refractivity contribution in [3.8, 4) is 5.75 Å². The van der Waals surface area contributed by atoms with Gasteiger partial charge in [0.05, 0.1) is 6.20 Å². The highest BCUT2D eigenvalue weighted by atomic mass is 16.5. The summed E-state index contributed by atoms with van der Waals surface area (Å²) >= 11 is 0. The number of nitrogens with zero attached hydrogens (tertiary/aromatic N) is 2. The molecule has 0 bridgehead atoms. The summed E-state index contributed by atoms with van der Waals surface area (Å²) in [6.07, 6.45) is 5.72. The molecule has 0 spiro atoms. The van der Waals surface area contributed by atoms with Gasteiger partial charge in [0.25, 0.3) is 0 Å². The van der Waals surface area contributed by atoms with Gasteiger partial charge in [-0.2, -0.15) is 0 Å². The molecule has 3 aromatic rings. The Kier molecular flexibility index (Phi) is 5.98. The van der Waals surface area contributed by atoms with Crippen LogP contribution >= 0.6 is 0 Å². The summed E-state index contributed by atoms with van der Waals surface area (Å²) in [5.74, 6) is 0.234. The van der Waals surface area contributed by atoms with E-state index in [-0.39, 0.29) is 11.8 Å². The maximum atomic E-state index is 12.5. The lowest BCUT2D eigenvalue weighted by Crippen LogP contribution is -2.62. The normalized spacial score (nSPS) is 18.4. The number of nitrogens with one attached hydrogen (secondary N) is 2. The number of rotatable bonds is 7. The summed E-state index contributed by atoms with van der Waals surface area (Å²) in [7, 11) is 0. The van der Waals surface area contributed by atoms with E-state index in [0.717, 1.165) is 11.1 Å². The van der Waals surface area contributed by atoms with Crippen LogP contribution in [0.1, 0.15) is 16.8 Å². The predicted octanol–water partition coefficient (Wildman–Crippen LogP) is 1.82. The van der Waals surface area contributed by atoms with Gasteiger partial charge in [0.15, 0.2) is 0 Å². The molecule has 2 unspecified atom stereocenters. The number of amides is 2. The summed E-state index contributed by atoms with van der Waals surface area (Å²) in [5, 5.41) is 5.61. The highest BCUT2D eigenvalue weighted by Crippen LogP contribution is 2.14. The Morgan fingerprint density at radius 3 is 2.20 bits per heavy atom. The van der Waals surface area contributed by atoms with Crippen molar-refractivity contribution in [1.29, 1.82) is 0 Å². The van der Waals surface area contributed by atoms with E-state index in [1.54, 1.807) is 24.7 Å². The second-order valence-electron chi connectivity index (χ2n) is 7.15. The minimum atomic E-state index is -0.647. The van der Waals surface area contributed by atoms with Crippen molar-refractivity contribution in [1.82, 2.24) is 20.6 Å². The van der Waals surface area contributed by atoms with Gasteiger partial charge in [0.2, 0.25) is 11.8 Å². The maximum Gasteiger partial charge on any atom is 0.243 e. The number of ether oxygens (including phenoxy) is 1. The van der Waals surface area contributed by atoms with Crippen LogP contribution in [-0.2, 0) is 29.0 Å². The Bertz CT molecular complexity index is 994. The van der Waals surface area contributed by atoms with E-state index in [1.165, 1.54) is 0 Å². The zero-order chi connectivity index (χ0) is 20.8. The van der Waals surface area contributed by atoms with E-state index in [9.17, 15) is 9.59 Å². The molecule has 0 aliphatic carbocycles. The molecule has 7 nitrogen and oxygen atoms in total. The molecule has 0 saturated carbocycles. The lowest BCUT2D eigenvalue weighted by Gasteiger charge is -2.29. The van der Waals surface area contributed by atoms with Crippen molar-refractivity contribution in [2.75, 3.05) is 0 Å². The topological polar surface area (TPSA) is 93.2 Å². The summed E-state index contributed by atoms with van der Waals surface area (Å²) in [5.41, 5.74) is 2.67. The van der Waals surface area contributed by atoms with Crippen LogP contribution in [0.4, 0.5) is 0 Å². The number of hydrogen-bond acceptors (Lipinski definition) is 5. The monoisotopic (exact) mass is 402 g/mol. The molecule has 2 N–H and O–H groups in total. The predicted molar refractivity (Wildman–Crippen MR) is 111 cm³/mol. The smallest absolute Gasteiger partial charge is 0.243 e. The van der Waals surface area contributed by atoms with Crippen molar-refractivity contribution in [2.45, 2.75) is 31.5 Å². The van der Waals surface area contributed by atoms with E-state index in [2.05, 4.69) is 20.6 Å². The molecule has 4 rings (SSSR count). The van der Waals surface area contributed by atoms with Crippen LogP contribution in [0.2, 0.25) is 0 Å². The van der Waals surface area contributed by atoms with Crippen LogP contribution in [0.5, 0.6) is 5.75 Å². The van der Waals surface area contributed by atoms with E-state index < -0.39 is 12.1 Å². The van der Waals surface area contributed by atoms with E-state index in [4.69, 9.17) is 4.74 Å². The first-order chi connectivity index (χ1) is 14.7. The van der Waals surface area contributed by atoms with Crippen molar-refractivity contribution >= 4 is 11.8 Å². The largest absolute Gasteiger partial charge is 0.487 e. The van der Waals surface area contributed by atoms with Gasteiger partial charge in [-0.15, -0.1) is 0 Å². The lowest BCUT2D eigenvalue weighted by molar-refractivity contribution is -0.136. The van der Waals surface area contributed by atoms with Crippen LogP contribution < -0.4 is 15.4 Å².